The van der Waals surface area contributed by atoms with Crippen LogP contribution in [0.25, 0.3) is 0 Å². The second-order valence-electron chi connectivity index (χ2n) is 6.24. The fourth-order valence-electron chi connectivity index (χ4n) is 2.59. The first-order valence-corrected chi connectivity index (χ1v) is 10.7. The van der Waals surface area contributed by atoms with E-state index in [-0.39, 0.29) is 0 Å². The van der Waals surface area contributed by atoms with Crippen molar-refractivity contribution in [1.82, 2.24) is 0 Å². The molecule has 0 aliphatic carbocycles. The first kappa shape index (κ1) is 17.2. The molecule has 4 heteroatoms. The zero-order valence-electron chi connectivity index (χ0n) is 15.0. The zero-order chi connectivity index (χ0) is 17.8. The van der Waals surface area contributed by atoms with Crippen LogP contribution >= 0.6 is 0 Å². The number of furan rings is 1. The average Bonchev–Trinajstić information content (AvgIpc) is 3.00. The third-order valence-electron chi connectivity index (χ3n) is 3.79. The molecule has 0 N–H and O–H groups in total. The van der Waals surface area contributed by atoms with E-state index in [4.69, 9.17) is 13.8 Å². The quantitative estimate of drug-likeness (QED) is 0.438. The van der Waals surface area contributed by atoms with Crippen LogP contribution in [0.2, 0.25) is 13.1 Å². The second kappa shape index (κ2) is 7.53. The van der Waals surface area contributed by atoms with E-state index < -0.39 is 9.04 Å². The van der Waals surface area contributed by atoms with Gasteiger partial charge in [0.25, 0.3) is 9.04 Å². The minimum absolute atomic E-state index is 0.788. The normalized spacial score (nSPS) is 11.8. The molecule has 0 amide bonds. The Morgan fingerprint density at radius 2 is 1.76 bits per heavy atom. The Morgan fingerprint density at radius 1 is 1.00 bits per heavy atom. The van der Waals surface area contributed by atoms with Gasteiger partial charge in [0.15, 0.2) is 5.76 Å². The summed E-state index contributed by atoms with van der Waals surface area (Å²) in [6, 6.07) is 18.2. The smallest absolute Gasteiger partial charge is 0.274 e. The Bertz CT molecular complexity index is 882. The van der Waals surface area contributed by atoms with E-state index in [1.54, 1.807) is 6.26 Å². The third kappa shape index (κ3) is 4.09. The van der Waals surface area contributed by atoms with Crippen LogP contribution < -0.4 is 4.43 Å². The summed E-state index contributed by atoms with van der Waals surface area (Å²) in [6.45, 7) is 8.33. The van der Waals surface area contributed by atoms with Gasteiger partial charge in [0, 0.05) is 5.56 Å². The Morgan fingerprint density at radius 3 is 2.40 bits per heavy atom. The number of hydrogen-bond acceptors (Lipinski definition) is 3. The van der Waals surface area contributed by atoms with Crippen molar-refractivity contribution < 1.29 is 8.84 Å². The summed E-state index contributed by atoms with van der Waals surface area (Å²) in [5.41, 5.74) is 4.88. The van der Waals surface area contributed by atoms with Crippen LogP contribution in [0.15, 0.2) is 70.3 Å². The molecule has 0 aliphatic rings. The lowest BCUT2D eigenvalue weighted by Gasteiger charge is -2.13. The third-order valence-corrected chi connectivity index (χ3v) is 4.41. The van der Waals surface area contributed by atoms with Crippen LogP contribution in [-0.2, 0) is 0 Å². The van der Waals surface area contributed by atoms with E-state index >= 15 is 0 Å². The Labute approximate surface area is 150 Å². The van der Waals surface area contributed by atoms with Gasteiger partial charge in [0.1, 0.15) is 17.1 Å². The molecule has 1 heterocycles. The van der Waals surface area contributed by atoms with E-state index in [1.165, 1.54) is 0 Å². The lowest BCUT2D eigenvalue weighted by Crippen LogP contribution is -2.11. The van der Waals surface area contributed by atoms with Gasteiger partial charge in [-0.1, -0.05) is 36.4 Å². The second-order valence-corrected chi connectivity index (χ2v) is 8.26. The number of nitrogens with zero attached hydrogens (tertiary/aromatic N) is 1. The zero-order valence-corrected chi connectivity index (χ0v) is 16.0. The van der Waals surface area contributed by atoms with Gasteiger partial charge in [-0.25, -0.2) is 4.99 Å². The molecule has 0 fully saturated rings. The summed E-state index contributed by atoms with van der Waals surface area (Å²) in [5, 5.41) is 0. The van der Waals surface area contributed by atoms with Crippen LogP contribution in [0.4, 0.5) is 5.69 Å². The van der Waals surface area contributed by atoms with Crippen molar-refractivity contribution in [3.8, 4) is 5.75 Å². The molecule has 25 heavy (non-hydrogen) atoms. The van der Waals surface area contributed by atoms with Gasteiger partial charge in [0.2, 0.25) is 0 Å². The minimum atomic E-state index is -0.879. The van der Waals surface area contributed by atoms with Gasteiger partial charge in [-0.05, 0) is 56.3 Å². The van der Waals surface area contributed by atoms with E-state index in [9.17, 15) is 0 Å². The van der Waals surface area contributed by atoms with Crippen LogP contribution in [0.1, 0.15) is 22.5 Å². The largest absolute Gasteiger partial charge is 0.541 e. The highest BCUT2D eigenvalue weighted by Gasteiger charge is 2.15. The first-order valence-electron chi connectivity index (χ1n) is 8.32. The van der Waals surface area contributed by atoms with E-state index in [0.717, 1.165) is 39.6 Å². The highest BCUT2D eigenvalue weighted by molar-refractivity contribution is 6.49. The summed E-state index contributed by atoms with van der Waals surface area (Å²) < 4.78 is 11.8. The molecule has 2 aromatic carbocycles. The summed E-state index contributed by atoms with van der Waals surface area (Å²) in [6.07, 6.45) is 1.70. The lowest BCUT2D eigenvalue weighted by molar-refractivity contribution is 0.556. The molecule has 0 unspecified atom stereocenters. The van der Waals surface area contributed by atoms with Crippen molar-refractivity contribution in [3.63, 3.8) is 0 Å². The van der Waals surface area contributed by atoms with Crippen molar-refractivity contribution in [3.05, 3.63) is 83.3 Å². The molecular formula is C21H22NO2Si. The summed E-state index contributed by atoms with van der Waals surface area (Å²) >= 11 is 0. The lowest BCUT2D eigenvalue weighted by atomic mass is 10.1. The topological polar surface area (TPSA) is 34.7 Å². The molecule has 0 aliphatic heterocycles. The maximum absolute atomic E-state index is 6.07. The van der Waals surface area contributed by atoms with E-state index in [0.29, 0.717) is 0 Å². The molecule has 0 saturated carbocycles. The number of aliphatic imine (C=N–C) groups is 1. The Balaban J connectivity index is 2.16. The summed E-state index contributed by atoms with van der Waals surface area (Å²) in [5.74, 6) is 1.62. The molecule has 3 rings (SSSR count). The first-order chi connectivity index (χ1) is 12.0. The van der Waals surface area contributed by atoms with Gasteiger partial charge in [-0.2, -0.15) is 0 Å². The van der Waals surface area contributed by atoms with Crippen LogP contribution in [0, 0.1) is 13.8 Å². The molecule has 3 nitrogen and oxygen atoms in total. The van der Waals surface area contributed by atoms with Crippen molar-refractivity contribution in [2.75, 3.05) is 0 Å². The predicted octanol–water partition coefficient (Wildman–Crippen LogP) is 5.70. The molecule has 0 bridgehead atoms. The highest BCUT2D eigenvalue weighted by Crippen LogP contribution is 2.31. The molecule has 0 saturated heterocycles. The van der Waals surface area contributed by atoms with E-state index in [1.807, 2.05) is 55.5 Å². The van der Waals surface area contributed by atoms with Gasteiger partial charge in [-0.15, -0.1) is 0 Å². The van der Waals surface area contributed by atoms with Crippen LogP contribution in [0.3, 0.4) is 0 Å². The molecule has 0 atom stereocenters. The standard InChI is InChI=1S/C21H22NO2Si/c1-15-10-11-18(19(14-15)24-25(3)4)22-20(17-8-6-5-7-9-17)21-16(2)12-13-23-21/h5-14H,1-4H3. The molecule has 0 spiro atoms. The van der Waals surface area contributed by atoms with Crippen molar-refractivity contribution in [2.24, 2.45) is 4.99 Å². The number of aryl methyl sites for hydroxylation is 2. The predicted molar refractivity (Wildman–Crippen MR) is 104 cm³/mol. The monoisotopic (exact) mass is 348 g/mol. The van der Waals surface area contributed by atoms with Gasteiger partial charge < -0.3 is 8.84 Å². The fourth-order valence-corrected chi connectivity index (χ4v) is 3.20. The molecule has 127 valence electrons. The molecule has 1 aromatic heterocycles. The fraction of sp³-hybridized carbons (Fsp3) is 0.190. The van der Waals surface area contributed by atoms with Gasteiger partial charge >= 0.3 is 0 Å². The number of benzene rings is 2. The molecule has 1 radical (unpaired) electrons. The highest BCUT2D eigenvalue weighted by atomic mass is 28.3. The Hall–Kier alpha value is -2.59. The molecule has 3 aromatic rings. The van der Waals surface area contributed by atoms with Gasteiger partial charge in [-0.3, -0.25) is 0 Å². The molecular weight excluding hydrogens is 326 g/mol. The van der Waals surface area contributed by atoms with Crippen molar-refractivity contribution in [2.45, 2.75) is 26.9 Å². The summed E-state index contributed by atoms with van der Waals surface area (Å²) in [7, 11) is -0.879. The van der Waals surface area contributed by atoms with Crippen molar-refractivity contribution in [1.29, 1.82) is 0 Å². The SMILES string of the molecule is Cc1ccc(N=C(c2ccccc2)c2occc2C)c(O[Si](C)C)c1. The minimum Gasteiger partial charge on any atom is -0.541 e. The van der Waals surface area contributed by atoms with Crippen LogP contribution in [-0.4, -0.2) is 14.8 Å². The maximum Gasteiger partial charge on any atom is 0.274 e. The van der Waals surface area contributed by atoms with Crippen LogP contribution in [0.5, 0.6) is 5.75 Å². The van der Waals surface area contributed by atoms with Crippen molar-refractivity contribution >= 4 is 20.4 Å². The number of hydrogen-bond donors (Lipinski definition) is 0. The van der Waals surface area contributed by atoms with Gasteiger partial charge in [0.05, 0.1) is 6.26 Å². The number of rotatable bonds is 5. The summed E-state index contributed by atoms with van der Waals surface area (Å²) in [4.78, 5) is 4.94. The average molecular weight is 348 g/mol. The Kier molecular flexibility index (Phi) is 5.19. The maximum atomic E-state index is 6.07. The van der Waals surface area contributed by atoms with E-state index in [2.05, 4.69) is 26.1 Å².